The number of fused-ring (bicyclic) bond motifs is 1. The quantitative estimate of drug-likeness (QED) is 0.392. The van der Waals surface area contributed by atoms with Gasteiger partial charge < -0.3 is 10.6 Å². The number of amides is 1. The second-order valence-electron chi connectivity index (χ2n) is 7.89. The van der Waals surface area contributed by atoms with Crippen molar-refractivity contribution in [3.8, 4) is 0 Å². The van der Waals surface area contributed by atoms with Gasteiger partial charge in [0.05, 0.1) is 11.6 Å². The minimum atomic E-state index is -0.240. The van der Waals surface area contributed by atoms with Crippen molar-refractivity contribution in [3.05, 3.63) is 75.4 Å². The maximum atomic E-state index is 13.2. The molecule has 4 rings (SSSR count). The van der Waals surface area contributed by atoms with Gasteiger partial charge in [-0.25, -0.2) is 4.68 Å². The lowest BCUT2D eigenvalue weighted by Gasteiger charge is -2.30. The molecular formula is C23H23Cl2N5OS. The van der Waals surface area contributed by atoms with Crippen LogP contribution >= 0.6 is 35.0 Å². The molecule has 2 heterocycles. The summed E-state index contributed by atoms with van der Waals surface area (Å²) >= 11 is 13.5. The Balaban J connectivity index is 1.55. The summed E-state index contributed by atoms with van der Waals surface area (Å²) in [5.74, 6) is 1.33. The number of allylic oxidation sites excluding steroid dienone is 1. The molecule has 0 saturated carbocycles. The first-order valence-electron chi connectivity index (χ1n) is 10.2. The predicted octanol–water partition coefficient (Wildman–Crippen LogP) is 6.41. The van der Waals surface area contributed by atoms with E-state index in [-0.39, 0.29) is 17.9 Å². The molecule has 0 saturated heterocycles. The fourth-order valence-electron chi connectivity index (χ4n) is 3.60. The zero-order chi connectivity index (χ0) is 22.8. The molecule has 9 heteroatoms. The summed E-state index contributed by atoms with van der Waals surface area (Å²) in [4.78, 5) is 17.9. The number of hydrogen-bond acceptors (Lipinski definition) is 5. The van der Waals surface area contributed by atoms with Gasteiger partial charge in [0.2, 0.25) is 11.1 Å². The van der Waals surface area contributed by atoms with Gasteiger partial charge in [-0.1, -0.05) is 60.9 Å². The molecule has 166 valence electrons. The van der Waals surface area contributed by atoms with Crippen LogP contribution in [0.3, 0.4) is 0 Å². The van der Waals surface area contributed by atoms with E-state index in [0.717, 1.165) is 17.0 Å². The molecule has 3 aromatic rings. The predicted molar refractivity (Wildman–Crippen MR) is 131 cm³/mol. The molecule has 6 nitrogen and oxygen atoms in total. The van der Waals surface area contributed by atoms with E-state index >= 15 is 0 Å². The largest absolute Gasteiger partial charge is 0.328 e. The summed E-state index contributed by atoms with van der Waals surface area (Å²) in [6.07, 6.45) is 0. The monoisotopic (exact) mass is 487 g/mol. The van der Waals surface area contributed by atoms with Crippen LogP contribution in [-0.2, 0) is 10.5 Å². The lowest BCUT2D eigenvalue weighted by Crippen LogP contribution is -2.33. The fourth-order valence-corrected chi connectivity index (χ4v) is 4.64. The van der Waals surface area contributed by atoms with Gasteiger partial charge in [-0.15, -0.1) is 5.10 Å². The number of thioether (sulfide) groups is 1. The molecule has 1 aromatic heterocycles. The second kappa shape index (κ2) is 9.57. The van der Waals surface area contributed by atoms with Crippen LogP contribution in [0.4, 0.5) is 11.6 Å². The van der Waals surface area contributed by atoms with E-state index in [1.54, 1.807) is 36.0 Å². The van der Waals surface area contributed by atoms with Crippen LogP contribution in [-0.4, -0.2) is 20.7 Å². The molecule has 2 N–H and O–H groups in total. The summed E-state index contributed by atoms with van der Waals surface area (Å²) in [7, 11) is 0. The van der Waals surface area contributed by atoms with Crippen molar-refractivity contribution in [1.29, 1.82) is 0 Å². The molecule has 0 bridgehead atoms. The highest BCUT2D eigenvalue weighted by atomic mass is 35.5. The number of aromatic nitrogens is 3. The fraction of sp³-hybridized carbons (Fsp3) is 0.261. The molecule has 0 radical (unpaired) electrons. The first-order chi connectivity index (χ1) is 15.3. The van der Waals surface area contributed by atoms with Gasteiger partial charge in [0, 0.05) is 27.2 Å². The van der Waals surface area contributed by atoms with Gasteiger partial charge in [0.15, 0.2) is 0 Å². The molecule has 0 fully saturated rings. The number of carbonyl (C=O) groups is 1. The Hall–Kier alpha value is -2.48. The van der Waals surface area contributed by atoms with Crippen LogP contribution in [0.2, 0.25) is 10.0 Å². The van der Waals surface area contributed by atoms with Gasteiger partial charge >= 0.3 is 0 Å². The first kappa shape index (κ1) is 22.7. The number of hydrogen-bond donors (Lipinski definition) is 2. The average molecular weight is 488 g/mol. The van der Waals surface area contributed by atoms with E-state index in [0.29, 0.717) is 32.4 Å². The molecule has 1 amide bonds. The topological polar surface area (TPSA) is 71.8 Å². The number of rotatable bonds is 6. The van der Waals surface area contributed by atoms with Crippen LogP contribution in [0, 0.1) is 5.92 Å². The maximum absolute atomic E-state index is 13.2. The van der Waals surface area contributed by atoms with E-state index < -0.39 is 0 Å². The molecule has 0 unspecified atom stereocenters. The number of anilines is 2. The van der Waals surface area contributed by atoms with E-state index in [9.17, 15) is 4.79 Å². The lowest BCUT2D eigenvalue weighted by atomic mass is 9.92. The zero-order valence-corrected chi connectivity index (χ0v) is 20.2. The van der Waals surface area contributed by atoms with E-state index in [1.165, 1.54) is 0 Å². The van der Waals surface area contributed by atoms with Crippen molar-refractivity contribution in [1.82, 2.24) is 14.8 Å². The Morgan fingerprint density at radius 1 is 1.12 bits per heavy atom. The highest BCUT2D eigenvalue weighted by Gasteiger charge is 2.35. The Morgan fingerprint density at radius 3 is 2.38 bits per heavy atom. The Bertz CT molecular complexity index is 1160. The standard InChI is InChI=1S/C23H23Cl2N5OS/c1-13(2)20-19(21(31)27-18-10-8-17(25)9-11-18)14(3)26-22-28-23(29-30(20)22)32-12-15-4-6-16(24)7-5-15/h4-11,13,20H,12H2,1-3H3,(H,27,31)(H,26,28,29)/t20-/m1/s1. The first-order valence-corrected chi connectivity index (χ1v) is 11.9. The number of nitrogens with zero attached hydrogens (tertiary/aromatic N) is 3. The normalized spacial score (nSPS) is 15.5. The van der Waals surface area contributed by atoms with Crippen molar-refractivity contribution in [2.75, 3.05) is 10.6 Å². The molecule has 0 spiro atoms. The van der Waals surface area contributed by atoms with Gasteiger partial charge in [-0.3, -0.25) is 4.79 Å². The molecule has 1 aliphatic heterocycles. The van der Waals surface area contributed by atoms with Crippen LogP contribution in [0.1, 0.15) is 32.4 Å². The lowest BCUT2D eigenvalue weighted by molar-refractivity contribution is -0.113. The van der Waals surface area contributed by atoms with E-state index in [1.807, 2.05) is 35.9 Å². The number of halogens is 2. The number of benzene rings is 2. The summed E-state index contributed by atoms with van der Waals surface area (Å²) < 4.78 is 1.82. The molecule has 32 heavy (non-hydrogen) atoms. The molecular weight excluding hydrogens is 465 g/mol. The third-order valence-electron chi connectivity index (χ3n) is 5.13. The number of nitrogens with one attached hydrogen (secondary N) is 2. The van der Waals surface area contributed by atoms with Gasteiger partial charge in [0.1, 0.15) is 0 Å². The highest BCUT2D eigenvalue weighted by molar-refractivity contribution is 7.98. The minimum absolute atomic E-state index is 0.132. The molecule has 0 aliphatic carbocycles. The van der Waals surface area contributed by atoms with Crippen LogP contribution in [0.25, 0.3) is 0 Å². The summed E-state index contributed by atoms with van der Waals surface area (Å²) in [5.41, 5.74) is 3.23. The van der Waals surface area contributed by atoms with Crippen molar-refractivity contribution in [3.63, 3.8) is 0 Å². The van der Waals surface area contributed by atoms with Crippen molar-refractivity contribution in [2.45, 2.75) is 37.7 Å². The van der Waals surface area contributed by atoms with E-state index in [4.69, 9.17) is 28.3 Å². The molecule has 1 atom stereocenters. The highest BCUT2D eigenvalue weighted by Crippen LogP contribution is 2.37. The van der Waals surface area contributed by atoms with E-state index in [2.05, 4.69) is 29.5 Å². The summed E-state index contributed by atoms with van der Waals surface area (Å²) in [6, 6.07) is 14.5. The Morgan fingerprint density at radius 2 is 1.75 bits per heavy atom. The third-order valence-corrected chi connectivity index (χ3v) is 6.55. The van der Waals surface area contributed by atoms with Crippen LogP contribution < -0.4 is 10.6 Å². The van der Waals surface area contributed by atoms with Crippen molar-refractivity contribution >= 4 is 52.5 Å². The van der Waals surface area contributed by atoms with Crippen LogP contribution in [0.5, 0.6) is 0 Å². The minimum Gasteiger partial charge on any atom is -0.328 e. The maximum Gasteiger partial charge on any atom is 0.255 e. The van der Waals surface area contributed by atoms with Crippen molar-refractivity contribution in [2.24, 2.45) is 5.92 Å². The molecule has 1 aliphatic rings. The SMILES string of the molecule is CC1=C(C(=O)Nc2ccc(Cl)cc2)[C@@H](C(C)C)n2nc(SCc3ccc(Cl)cc3)nc2N1. The zero-order valence-electron chi connectivity index (χ0n) is 17.9. The summed E-state index contributed by atoms with van der Waals surface area (Å²) in [6.45, 7) is 6.04. The Kier molecular flexibility index (Phi) is 6.79. The van der Waals surface area contributed by atoms with Crippen molar-refractivity contribution < 1.29 is 4.79 Å². The van der Waals surface area contributed by atoms with Gasteiger partial charge in [0.25, 0.3) is 5.91 Å². The molecule has 2 aromatic carbocycles. The second-order valence-corrected chi connectivity index (χ2v) is 9.71. The van der Waals surface area contributed by atoms with Gasteiger partial charge in [-0.05, 0) is 54.8 Å². The van der Waals surface area contributed by atoms with Gasteiger partial charge in [-0.2, -0.15) is 4.98 Å². The smallest absolute Gasteiger partial charge is 0.255 e. The third kappa shape index (κ3) is 4.95. The average Bonchev–Trinajstić information content (AvgIpc) is 3.16. The number of carbonyl (C=O) groups excluding carboxylic acids is 1. The summed E-state index contributed by atoms with van der Waals surface area (Å²) in [5, 5.41) is 12.9. The Labute approximate surface area is 201 Å². The van der Waals surface area contributed by atoms with Crippen LogP contribution in [0.15, 0.2) is 65.0 Å².